The number of fused-ring (bicyclic) bond motifs is 1. The Morgan fingerprint density at radius 3 is 2.74 bits per heavy atom. The zero-order chi connectivity index (χ0) is 26.2. The predicted octanol–water partition coefficient (Wildman–Crippen LogP) is 4.93. The molecule has 38 heavy (non-hydrogen) atoms. The highest BCUT2D eigenvalue weighted by Gasteiger charge is 2.30. The largest absolute Gasteiger partial charge is 0.439 e. The fraction of sp³-hybridized carbons (Fsp3) is 0.519. The Labute approximate surface area is 225 Å². The minimum Gasteiger partial charge on any atom is -0.377 e. The Morgan fingerprint density at radius 2 is 2.00 bits per heavy atom. The zero-order valence-electron chi connectivity index (χ0n) is 21.7. The molecule has 1 atom stereocenters. The number of hydrogen-bond donors (Lipinski definition) is 1. The standard InChI is InChI=1S/C27H32ClN7O3/c1-3-20-15-37-9-8-34(20)26-31-21-11-22(25-32-27(36)38-33-25)30-23(18-10-19(28)13-29-12-18)24(21)35(26)14-17-6-4-16(2)5-7-17/h10-13,16-17,20H,3-9,14-15H2,1-2H3,(H,32,33,36)/t16-,17-,20?. The molecule has 11 heteroatoms. The van der Waals surface area contributed by atoms with E-state index in [9.17, 15) is 4.79 Å². The summed E-state index contributed by atoms with van der Waals surface area (Å²) in [6.07, 6.45) is 9.20. The van der Waals surface area contributed by atoms with Crippen molar-refractivity contribution < 1.29 is 9.26 Å². The van der Waals surface area contributed by atoms with Gasteiger partial charge in [-0.05, 0) is 43.2 Å². The SMILES string of the molecule is CCC1COCCN1c1nc2cc(-c3noc(=O)[nH]3)nc(-c3cncc(Cl)c3)c2n1C[C@H]1CC[C@H](C)CC1. The van der Waals surface area contributed by atoms with Crippen LogP contribution < -0.4 is 10.7 Å². The number of nitrogens with zero attached hydrogens (tertiary/aromatic N) is 6. The Bertz CT molecular complexity index is 1490. The summed E-state index contributed by atoms with van der Waals surface area (Å²) in [5, 5.41) is 4.40. The van der Waals surface area contributed by atoms with E-state index in [-0.39, 0.29) is 11.9 Å². The molecule has 6 rings (SSSR count). The van der Waals surface area contributed by atoms with Crippen LogP contribution in [0.3, 0.4) is 0 Å². The molecule has 1 N–H and O–H groups in total. The molecule has 1 saturated carbocycles. The van der Waals surface area contributed by atoms with Crippen LogP contribution in [0.1, 0.15) is 46.0 Å². The summed E-state index contributed by atoms with van der Waals surface area (Å²) in [4.78, 5) is 31.2. The number of H-pyrrole nitrogens is 1. The third-order valence-corrected chi connectivity index (χ3v) is 8.10. The number of pyridine rings is 2. The van der Waals surface area contributed by atoms with Gasteiger partial charge in [-0.25, -0.2) is 14.8 Å². The van der Waals surface area contributed by atoms with E-state index in [4.69, 9.17) is 30.8 Å². The summed E-state index contributed by atoms with van der Waals surface area (Å²) in [5.74, 6) is 1.88. The van der Waals surface area contributed by atoms with E-state index in [0.717, 1.165) is 48.0 Å². The molecule has 1 saturated heterocycles. The van der Waals surface area contributed by atoms with Gasteiger partial charge in [0.15, 0.2) is 0 Å². The number of hydrogen-bond acceptors (Lipinski definition) is 8. The number of aromatic amines is 1. The fourth-order valence-electron chi connectivity index (χ4n) is 5.77. The van der Waals surface area contributed by atoms with Crippen LogP contribution in [0.25, 0.3) is 33.8 Å². The van der Waals surface area contributed by atoms with Gasteiger partial charge in [-0.3, -0.25) is 14.5 Å². The number of imidazole rings is 1. The first-order valence-electron chi connectivity index (χ1n) is 13.4. The quantitative estimate of drug-likeness (QED) is 0.368. The van der Waals surface area contributed by atoms with Crippen LogP contribution in [-0.4, -0.2) is 55.5 Å². The van der Waals surface area contributed by atoms with Crippen molar-refractivity contribution in [2.75, 3.05) is 24.7 Å². The Kier molecular flexibility index (Phi) is 6.92. The number of ether oxygens (including phenoxy) is 1. The molecule has 2 aliphatic rings. The molecule has 1 aliphatic carbocycles. The van der Waals surface area contributed by atoms with Crippen molar-refractivity contribution in [2.45, 2.75) is 58.5 Å². The highest BCUT2D eigenvalue weighted by molar-refractivity contribution is 6.30. The van der Waals surface area contributed by atoms with E-state index in [1.165, 1.54) is 25.7 Å². The van der Waals surface area contributed by atoms with Gasteiger partial charge in [0.2, 0.25) is 11.8 Å². The molecule has 4 aromatic heterocycles. The number of halogens is 1. The van der Waals surface area contributed by atoms with Crippen molar-refractivity contribution in [3.8, 4) is 22.8 Å². The molecule has 1 unspecified atom stereocenters. The molecule has 5 heterocycles. The van der Waals surface area contributed by atoms with Gasteiger partial charge in [0.25, 0.3) is 0 Å². The van der Waals surface area contributed by atoms with Crippen LogP contribution in [0.15, 0.2) is 33.8 Å². The van der Waals surface area contributed by atoms with Gasteiger partial charge >= 0.3 is 5.76 Å². The number of nitrogens with one attached hydrogen (secondary N) is 1. The lowest BCUT2D eigenvalue weighted by Gasteiger charge is -2.37. The number of morpholine rings is 1. The van der Waals surface area contributed by atoms with Crippen molar-refractivity contribution in [3.05, 3.63) is 40.1 Å². The monoisotopic (exact) mass is 537 g/mol. The molecule has 0 radical (unpaired) electrons. The average Bonchev–Trinajstić information content (AvgIpc) is 3.53. The summed E-state index contributed by atoms with van der Waals surface area (Å²) in [6, 6.07) is 3.96. The normalized spacial score (nSPS) is 22.3. The van der Waals surface area contributed by atoms with Crippen LogP contribution in [0, 0.1) is 11.8 Å². The van der Waals surface area contributed by atoms with Gasteiger partial charge in [-0.1, -0.05) is 43.4 Å². The van der Waals surface area contributed by atoms with Gasteiger partial charge in [0, 0.05) is 31.0 Å². The van der Waals surface area contributed by atoms with Gasteiger partial charge in [-0.15, -0.1) is 0 Å². The Hall–Kier alpha value is -3.24. The van der Waals surface area contributed by atoms with Crippen LogP contribution >= 0.6 is 11.6 Å². The second kappa shape index (κ2) is 10.5. The fourth-order valence-corrected chi connectivity index (χ4v) is 5.94. The first kappa shape index (κ1) is 25.1. The van der Waals surface area contributed by atoms with Crippen molar-refractivity contribution >= 4 is 28.6 Å². The van der Waals surface area contributed by atoms with Crippen molar-refractivity contribution in [1.29, 1.82) is 0 Å². The van der Waals surface area contributed by atoms with E-state index in [2.05, 4.69) is 38.4 Å². The molecule has 0 bridgehead atoms. The van der Waals surface area contributed by atoms with E-state index < -0.39 is 5.76 Å². The highest BCUT2D eigenvalue weighted by Crippen LogP contribution is 2.37. The highest BCUT2D eigenvalue weighted by atomic mass is 35.5. The molecule has 10 nitrogen and oxygen atoms in total. The maximum atomic E-state index is 11.7. The average molecular weight is 538 g/mol. The lowest BCUT2D eigenvalue weighted by molar-refractivity contribution is 0.0916. The van der Waals surface area contributed by atoms with Gasteiger partial charge in [0.05, 0.1) is 41.0 Å². The van der Waals surface area contributed by atoms with Gasteiger partial charge < -0.3 is 14.2 Å². The van der Waals surface area contributed by atoms with Crippen molar-refractivity contribution in [1.82, 2.24) is 29.7 Å². The maximum absolute atomic E-state index is 11.7. The maximum Gasteiger partial charge on any atom is 0.439 e. The Morgan fingerprint density at radius 1 is 1.16 bits per heavy atom. The van der Waals surface area contributed by atoms with E-state index in [0.29, 0.717) is 35.5 Å². The lowest BCUT2D eigenvalue weighted by atomic mass is 9.83. The van der Waals surface area contributed by atoms with Crippen LogP contribution in [0.2, 0.25) is 5.02 Å². The minimum absolute atomic E-state index is 0.237. The molecular weight excluding hydrogens is 506 g/mol. The summed E-state index contributed by atoms with van der Waals surface area (Å²) in [6.45, 7) is 7.50. The summed E-state index contributed by atoms with van der Waals surface area (Å²) < 4.78 is 12.9. The molecule has 0 aromatic carbocycles. The molecule has 2 fully saturated rings. The number of rotatable bonds is 6. The zero-order valence-corrected chi connectivity index (χ0v) is 22.4. The van der Waals surface area contributed by atoms with E-state index in [1.54, 1.807) is 12.4 Å². The van der Waals surface area contributed by atoms with Crippen LogP contribution in [-0.2, 0) is 11.3 Å². The predicted molar refractivity (Wildman–Crippen MR) is 145 cm³/mol. The molecular formula is C27H32ClN7O3. The van der Waals surface area contributed by atoms with Crippen molar-refractivity contribution in [3.63, 3.8) is 0 Å². The smallest absolute Gasteiger partial charge is 0.377 e. The molecule has 200 valence electrons. The lowest BCUT2D eigenvalue weighted by Crippen LogP contribution is -2.46. The summed E-state index contributed by atoms with van der Waals surface area (Å²) >= 11 is 6.37. The van der Waals surface area contributed by atoms with Crippen LogP contribution in [0.5, 0.6) is 0 Å². The third kappa shape index (κ3) is 4.82. The van der Waals surface area contributed by atoms with E-state index in [1.807, 2.05) is 12.1 Å². The third-order valence-electron chi connectivity index (χ3n) is 7.90. The summed E-state index contributed by atoms with van der Waals surface area (Å²) in [5.41, 5.74) is 3.64. The van der Waals surface area contributed by atoms with E-state index >= 15 is 0 Å². The molecule has 1 aliphatic heterocycles. The summed E-state index contributed by atoms with van der Waals surface area (Å²) in [7, 11) is 0. The molecule has 4 aromatic rings. The van der Waals surface area contributed by atoms with Gasteiger partial charge in [0.1, 0.15) is 5.69 Å². The molecule has 0 amide bonds. The van der Waals surface area contributed by atoms with Crippen LogP contribution in [0.4, 0.5) is 5.95 Å². The number of anilines is 1. The van der Waals surface area contributed by atoms with Gasteiger partial charge in [-0.2, -0.15) is 0 Å². The Balaban J connectivity index is 1.58. The topological polar surface area (TPSA) is 115 Å². The van der Waals surface area contributed by atoms with Crippen molar-refractivity contribution in [2.24, 2.45) is 11.8 Å². The second-order valence-electron chi connectivity index (χ2n) is 10.5. The number of aromatic nitrogens is 6. The second-order valence-corrected chi connectivity index (χ2v) is 11.0. The first-order chi connectivity index (χ1) is 18.5. The minimum atomic E-state index is -0.635. The first-order valence-corrected chi connectivity index (χ1v) is 13.8. The molecule has 0 spiro atoms.